The summed E-state index contributed by atoms with van der Waals surface area (Å²) in [5.74, 6) is -2.39. The molecule has 0 radical (unpaired) electrons. The number of thiol groups is 1. The highest BCUT2D eigenvalue weighted by molar-refractivity contribution is 7.80. The molecule has 1 aromatic rings. The molecule has 0 aliphatic rings. The van der Waals surface area contributed by atoms with Crippen molar-refractivity contribution in [3.8, 4) is 11.5 Å². The maximum absolute atomic E-state index is 12.6. The molecule has 0 aliphatic heterocycles. The molecular formula is C29H46N8O9S. The van der Waals surface area contributed by atoms with Gasteiger partial charge in [0.05, 0.1) is 51.0 Å². The average molecular weight is 683 g/mol. The zero-order chi connectivity index (χ0) is 35.4. The topological polar surface area (TPSA) is 259 Å². The van der Waals surface area contributed by atoms with Gasteiger partial charge in [0.1, 0.15) is 12.8 Å². The van der Waals surface area contributed by atoms with E-state index in [0.717, 1.165) is 0 Å². The van der Waals surface area contributed by atoms with Crippen LogP contribution in [0.4, 0.5) is 5.69 Å². The number of primary amides is 1. The first kappa shape index (κ1) is 40.4. The maximum Gasteiger partial charge on any atom is 0.243 e. The highest BCUT2D eigenvalue weighted by Gasteiger charge is 2.23. The third-order valence-electron chi connectivity index (χ3n) is 6.50. The molecule has 17 nitrogen and oxygen atoms in total. The van der Waals surface area contributed by atoms with E-state index in [2.05, 4.69) is 45.9 Å². The highest BCUT2D eigenvalue weighted by atomic mass is 32.1. The van der Waals surface area contributed by atoms with Crippen molar-refractivity contribution in [2.75, 3.05) is 45.6 Å². The van der Waals surface area contributed by atoms with E-state index in [0.29, 0.717) is 41.2 Å². The smallest absolute Gasteiger partial charge is 0.243 e. The van der Waals surface area contributed by atoms with Crippen LogP contribution in [0.3, 0.4) is 0 Å². The number of nitrogens with two attached hydrogens (primary N) is 2. The summed E-state index contributed by atoms with van der Waals surface area (Å²) in [5, 5.41) is 24.6. The van der Waals surface area contributed by atoms with Gasteiger partial charge < -0.3 is 52.7 Å². The third kappa shape index (κ3) is 16.0. The van der Waals surface area contributed by atoms with E-state index in [-0.39, 0.29) is 56.2 Å². The van der Waals surface area contributed by atoms with Gasteiger partial charge in [-0.05, 0) is 51.0 Å². The van der Waals surface area contributed by atoms with Crippen LogP contribution in [0.5, 0.6) is 11.5 Å². The molecule has 2 atom stereocenters. The Bertz CT molecular complexity index is 1260. The molecule has 0 heterocycles. The molecule has 1 aromatic carbocycles. The molecule has 0 aromatic heterocycles. The summed E-state index contributed by atoms with van der Waals surface area (Å²) in [5.41, 5.74) is 11.1. The lowest BCUT2D eigenvalue weighted by molar-refractivity contribution is -0.350. The number of unbranched alkanes of at least 4 members (excludes halogenated alkanes) is 1. The first-order chi connectivity index (χ1) is 22.3. The van der Waals surface area contributed by atoms with Gasteiger partial charge >= 0.3 is 0 Å². The van der Waals surface area contributed by atoms with E-state index in [1.165, 1.54) is 13.2 Å². The monoisotopic (exact) mass is 682 g/mol. The normalized spacial score (nSPS) is 11.7. The average Bonchev–Trinajstić information content (AvgIpc) is 3.02. The van der Waals surface area contributed by atoms with Gasteiger partial charge in [-0.15, -0.1) is 0 Å². The molecule has 0 bridgehead atoms. The van der Waals surface area contributed by atoms with Gasteiger partial charge in [0.25, 0.3) is 0 Å². The Kier molecular flexibility index (Phi) is 19.0. The number of methoxy groups -OCH3 is 1. The molecule has 0 saturated heterocycles. The van der Waals surface area contributed by atoms with Crippen molar-refractivity contribution in [2.24, 2.45) is 11.5 Å². The van der Waals surface area contributed by atoms with Crippen LogP contribution in [0.25, 0.3) is 0 Å². The molecule has 6 amide bonds. The van der Waals surface area contributed by atoms with Gasteiger partial charge in [-0.2, -0.15) is 17.4 Å². The lowest BCUT2D eigenvalue weighted by atomic mass is 10.0. The second-order valence-corrected chi connectivity index (χ2v) is 10.7. The maximum atomic E-state index is 12.6. The molecule has 262 valence electrons. The van der Waals surface area contributed by atoms with Crippen LogP contribution in [-0.2, 0) is 28.8 Å². The van der Waals surface area contributed by atoms with E-state index >= 15 is 0 Å². The number of carbonyl (C=O) groups excluding carboxylic acids is 6. The summed E-state index contributed by atoms with van der Waals surface area (Å²) >= 11 is 4.05. The third-order valence-corrected chi connectivity index (χ3v) is 6.72. The fraction of sp³-hybridized carbons (Fsp3) is 0.552. The molecule has 18 heteroatoms. The Morgan fingerprint density at radius 1 is 0.915 bits per heavy atom. The second kappa shape index (κ2) is 22.0. The van der Waals surface area contributed by atoms with E-state index in [1.807, 2.05) is 0 Å². The summed E-state index contributed by atoms with van der Waals surface area (Å²) in [4.78, 5) is 72.0. The van der Waals surface area contributed by atoms with E-state index in [9.17, 15) is 34.0 Å². The molecule has 9 N–H and O–H groups in total. The zero-order valence-electron chi connectivity index (χ0n) is 26.7. The number of benzene rings is 1. The van der Waals surface area contributed by atoms with Crippen LogP contribution in [-0.4, -0.2) is 98.6 Å². The first-order valence-electron chi connectivity index (χ1n) is 14.9. The van der Waals surface area contributed by atoms with Gasteiger partial charge in [-0.1, -0.05) is 0 Å². The van der Waals surface area contributed by atoms with Gasteiger partial charge in [0.2, 0.25) is 41.1 Å². The zero-order valence-corrected chi connectivity index (χ0v) is 27.6. The Hall–Kier alpha value is -4.58. The number of ether oxygens (including phenoxy) is 2. The predicted molar refractivity (Wildman–Crippen MR) is 176 cm³/mol. The summed E-state index contributed by atoms with van der Waals surface area (Å²) in [6.45, 7) is 4.37. The van der Waals surface area contributed by atoms with Crippen molar-refractivity contribution < 1.29 is 43.0 Å². The Labute approximate surface area is 278 Å². The van der Waals surface area contributed by atoms with E-state index in [1.54, 1.807) is 13.0 Å². The number of rotatable bonds is 23. The number of amides is 6. The Morgan fingerprint density at radius 2 is 1.60 bits per heavy atom. The molecule has 0 aliphatic carbocycles. The fourth-order valence-corrected chi connectivity index (χ4v) is 4.32. The van der Waals surface area contributed by atoms with Crippen LogP contribution in [0.15, 0.2) is 12.1 Å². The van der Waals surface area contributed by atoms with Crippen molar-refractivity contribution in [3.05, 3.63) is 22.9 Å². The van der Waals surface area contributed by atoms with Crippen LogP contribution in [0, 0.1) is 5.21 Å². The molecule has 2 unspecified atom stereocenters. The molecule has 1 rings (SSSR count). The summed E-state index contributed by atoms with van der Waals surface area (Å²) in [6, 6.07) is 1.49. The predicted octanol–water partition coefficient (Wildman–Crippen LogP) is -1.36. The molecule has 0 fully saturated rings. The SMILES string of the molecule is C=[N+]([O-])c1cc(OCCCC(=O)NCC(=O)NC(CCCCN)C(=O)NCC(=O)NCC(N)=O)c(OC)cc1C(C)NC(=O)CCS. The Balaban J connectivity index is 2.66. The van der Waals surface area contributed by atoms with E-state index < -0.39 is 54.7 Å². The molecule has 0 spiro atoms. The quantitative estimate of drug-likeness (QED) is 0.0168. The van der Waals surface area contributed by atoms with Gasteiger partial charge in [-0.25, -0.2) is 0 Å². The largest absolute Gasteiger partial charge is 0.619 e. The lowest BCUT2D eigenvalue weighted by Crippen LogP contribution is -2.51. The van der Waals surface area contributed by atoms with Gasteiger partial charge in [-0.3, -0.25) is 28.8 Å². The number of hydrogen-bond acceptors (Lipinski definition) is 11. The lowest BCUT2D eigenvalue weighted by Gasteiger charge is -2.19. The molecular weight excluding hydrogens is 636 g/mol. The minimum atomic E-state index is -0.981. The number of nitrogens with one attached hydrogen (secondary N) is 5. The summed E-state index contributed by atoms with van der Waals surface area (Å²) in [6.07, 6.45) is 1.83. The number of nitrogens with zero attached hydrogens (tertiary/aromatic N) is 1. The van der Waals surface area contributed by atoms with Gasteiger partial charge in [0.15, 0.2) is 11.5 Å². The van der Waals surface area contributed by atoms with Crippen molar-refractivity contribution in [3.63, 3.8) is 0 Å². The van der Waals surface area contributed by atoms with Crippen molar-refractivity contribution >= 4 is 60.5 Å². The first-order valence-corrected chi connectivity index (χ1v) is 15.6. The van der Waals surface area contributed by atoms with Gasteiger partial charge in [0, 0.05) is 12.8 Å². The number of hydrogen-bond donors (Lipinski definition) is 8. The van der Waals surface area contributed by atoms with Crippen molar-refractivity contribution in [2.45, 2.75) is 57.5 Å². The minimum Gasteiger partial charge on any atom is -0.619 e. The van der Waals surface area contributed by atoms with Crippen LogP contribution < -0.4 is 47.5 Å². The highest BCUT2D eigenvalue weighted by Crippen LogP contribution is 2.37. The molecule has 0 saturated carbocycles. The van der Waals surface area contributed by atoms with Crippen molar-refractivity contribution in [1.82, 2.24) is 26.6 Å². The van der Waals surface area contributed by atoms with Crippen LogP contribution in [0.2, 0.25) is 0 Å². The Morgan fingerprint density at radius 3 is 2.21 bits per heavy atom. The fourth-order valence-electron chi connectivity index (χ4n) is 4.12. The van der Waals surface area contributed by atoms with E-state index in [4.69, 9.17) is 20.9 Å². The summed E-state index contributed by atoms with van der Waals surface area (Å²) < 4.78 is 11.6. The second-order valence-electron chi connectivity index (χ2n) is 10.3. The minimum absolute atomic E-state index is 0.00140. The number of carbonyl (C=O) groups is 6. The molecule has 47 heavy (non-hydrogen) atoms. The summed E-state index contributed by atoms with van der Waals surface area (Å²) in [7, 11) is 1.42. The van der Waals surface area contributed by atoms with Crippen LogP contribution >= 0.6 is 12.6 Å². The van der Waals surface area contributed by atoms with Crippen LogP contribution in [0.1, 0.15) is 57.1 Å². The van der Waals surface area contributed by atoms with Crippen molar-refractivity contribution in [1.29, 1.82) is 0 Å². The standard InChI is InChI=1S/C29H46N8O9S/c1-18(35-26(40)9-12-47)19-13-22(45-3)23(14-21(19)37(2)44)46-11-6-8-25(39)33-17-28(42)36-20(7-4-5-10-30)29(43)34-16-27(41)32-15-24(31)38/h13-14,18,20,47H,2,4-12,15-17,30H2,1,3H3,(H2,31,38)(H,32,41)(H,33,39)(H,34,43)(H,35,40)(H,36,42).